The van der Waals surface area contributed by atoms with Crippen molar-refractivity contribution in [2.24, 2.45) is 0 Å². The molecule has 0 fully saturated rings. The van der Waals surface area contributed by atoms with Gasteiger partial charge in [0.1, 0.15) is 17.3 Å². The number of hydrogen-bond acceptors (Lipinski definition) is 3. The molecular formula is C16H18BrFN2O. The summed E-state index contributed by atoms with van der Waals surface area (Å²) in [6.45, 7) is 6.70. The zero-order valence-electron chi connectivity index (χ0n) is 12.3. The maximum Gasteiger partial charge on any atom is 0.141 e. The molecule has 1 heterocycles. The Morgan fingerprint density at radius 3 is 2.76 bits per heavy atom. The number of rotatable bonds is 5. The summed E-state index contributed by atoms with van der Waals surface area (Å²) in [4.78, 5) is 4.29. The average Bonchev–Trinajstić information content (AvgIpc) is 2.42. The number of ether oxygens (including phenoxy) is 1. The summed E-state index contributed by atoms with van der Waals surface area (Å²) in [6, 6.07) is 6.94. The highest BCUT2D eigenvalue weighted by atomic mass is 79.9. The molecule has 5 heteroatoms. The van der Waals surface area contributed by atoms with E-state index in [9.17, 15) is 4.39 Å². The van der Waals surface area contributed by atoms with Crippen LogP contribution in [0, 0.1) is 12.7 Å². The number of pyridine rings is 1. The van der Waals surface area contributed by atoms with Crippen molar-refractivity contribution in [1.82, 2.24) is 10.3 Å². The van der Waals surface area contributed by atoms with Crippen LogP contribution in [0.2, 0.25) is 0 Å². The second-order valence-corrected chi connectivity index (χ2v) is 6.00. The summed E-state index contributed by atoms with van der Waals surface area (Å²) in [6.07, 6.45) is 1.79. The first-order valence-corrected chi connectivity index (χ1v) is 7.57. The molecule has 0 saturated carbocycles. The van der Waals surface area contributed by atoms with E-state index < -0.39 is 0 Å². The summed E-state index contributed by atoms with van der Waals surface area (Å²) >= 11 is 3.13. The number of nitrogens with zero attached hydrogens (tertiary/aromatic N) is 1. The largest absolute Gasteiger partial charge is 0.457 e. The molecule has 0 unspecified atom stereocenters. The van der Waals surface area contributed by atoms with Gasteiger partial charge in [0, 0.05) is 42.2 Å². The van der Waals surface area contributed by atoms with Crippen molar-refractivity contribution in [3.05, 3.63) is 52.0 Å². The molecule has 0 saturated heterocycles. The van der Waals surface area contributed by atoms with E-state index in [1.165, 1.54) is 6.07 Å². The number of hydrogen-bond donors (Lipinski definition) is 1. The van der Waals surface area contributed by atoms with E-state index in [1.54, 1.807) is 18.3 Å². The van der Waals surface area contributed by atoms with Crippen LogP contribution in [0.1, 0.15) is 25.1 Å². The van der Waals surface area contributed by atoms with Gasteiger partial charge in [-0.05, 0) is 35.0 Å². The Kier molecular flexibility index (Phi) is 5.31. The highest BCUT2D eigenvalue weighted by Gasteiger charge is 2.09. The summed E-state index contributed by atoms with van der Waals surface area (Å²) < 4.78 is 19.8. The van der Waals surface area contributed by atoms with E-state index >= 15 is 0 Å². The summed E-state index contributed by atoms with van der Waals surface area (Å²) in [5, 5.41) is 3.33. The van der Waals surface area contributed by atoms with Gasteiger partial charge in [0.2, 0.25) is 0 Å². The minimum atomic E-state index is -0.347. The van der Waals surface area contributed by atoms with Crippen molar-refractivity contribution in [2.75, 3.05) is 0 Å². The molecule has 21 heavy (non-hydrogen) atoms. The molecule has 0 spiro atoms. The first kappa shape index (κ1) is 15.9. The van der Waals surface area contributed by atoms with Crippen molar-refractivity contribution in [1.29, 1.82) is 0 Å². The topological polar surface area (TPSA) is 34.1 Å². The monoisotopic (exact) mass is 352 g/mol. The van der Waals surface area contributed by atoms with Crippen LogP contribution in [0.4, 0.5) is 4.39 Å². The Hall–Kier alpha value is -1.46. The van der Waals surface area contributed by atoms with Gasteiger partial charge in [0.15, 0.2) is 0 Å². The van der Waals surface area contributed by atoms with Gasteiger partial charge in [-0.3, -0.25) is 4.98 Å². The molecule has 0 radical (unpaired) electrons. The normalized spacial score (nSPS) is 11.0. The maximum absolute atomic E-state index is 13.6. The highest BCUT2D eigenvalue weighted by Crippen LogP contribution is 2.28. The molecule has 0 aliphatic carbocycles. The molecule has 0 atom stereocenters. The second kappa shape index (κ2) is 7.00. The van der Waals surface area contributed by atoms with Gasteiger partial charge in [0.25, 0.3) is 0 Å². The van der Waals surface area contributed by atoms with Crippen LogP contribution in [0.5, 0.6) is 11.5 Å². The molecule has 1 N–H and O–H groups in total. The maximum atomic E-state index is 13.6. The van der Waals surface area contributed by atoms with Crippen LogP contribution >= 0.6 is 15.9 Å². The average molecular weight is 353 g/mol. The second-order valence-electron chi connectivity index (χ2n) is 5.15. The van der Waals surface area contributed by atoms with Crippen LogP contribution < -0.4 is 10.1 Å². The van der Waals surface area contributed by atoms with Crippen molar-refractivity contribution in [3.63, 3.8) is 0 Å². The standard InChI is InChI=1S/C16H18BrFN2O/c1-10(2)19-8-12-9-20-11(3)6-16(12)21-13-4-5-14(17)15(18)7-13/h4-7,9-10,19H,8H2,1-3H3. The van der Waals surface area contributed by atoms with E-state index in [0.717, 1.165) is 11.3 Å². The van der Waals surface area contributed by atoms with E-state index in [-0.39, 0.29) is 5.82 Å². The predicted molar refractivity (Wildman–Crippen MR) is 85.1 cm³/mol. The van der Waals surface area contributed by atoms with Crippen molar-refractivity contribution in [2.45, 2.75) is 33.4 Å². The third kappa shape index (κ3) is 4.51. The van der Waals surface area contributed by atoms with Crippen LogP contribution in [0.3, 0.4) is 0 Å². The van der Waals surface area contributed by atoms with E-state index in [1.807, 2.05) is 13.0 Å². The molecule has 0 amide bonds. The van der Waals surface area contributed by atoms with E-state index in [0.29, 0.717) is 28.6 Å². The lowest BCUT2D eigenvalue weighted by Gasteiger charge is -2.14. The van der Waals surface area contributed by atoms with Crippen molar-refractivity contribution >= 4 is 15.9 Å². The lowest BCUT2D eigenvalue weighted by atomic mass is 10.2. The zero-order chi connectivity index (χ0) is 15.4. The van der Waals surface area contributed by atoms with Crippen LogP contribution in [0.15, 0.2) is 34.9 Å². The Balaban J connectivity index is 2.24. The Labute approximate surface area is 132 Å². The number of aryl methyl sites for hydroxylation is 1. The Bertz CT molecular complexity index is 632. The number of aromatic nitrogens is 1. The minimum absolute atomic E-state index is 0.347. The molecule has 2 aromatic rings. The van der Waals surface area contributed by atoms with Gasteiger partial charge in [-0.1, -0.05) is 13.8 Å². The van der Waals surface area contributed by atoms with Gasteiger partial charge >= 0.3 is 0 Å². The summed E-state index contributed by atoms with van der Waals surface area (Å²) in [7, 11) is 0. The fourth-order valence-corrected chi connectivity index (χ4v) is 2.02. The first-order chi connectivity index (χ1) is 9.95. The molecule has 2 rings (SSSR count). The summed E-state index contributed by atoms with van der Waals surface area (Å²) in [5.41, 5.74) is 1.80. The Morgan fingerprint density at radius 2 is 2.10 bits per heavy atom. The molecule has 1 aromatic carbocycles. The van der Waals surface area contributed by atoms with Crippen LogP contribution in [-0.4, -0.2) is 11.0 Å². The third-order valence-electron chi connectivity index (χ3n) is 2.90. The zero-order valence-corrected chi connectivity index (χ0v) is 13.9. The predicted octanol–water partition coefficient (Wildman–Crippen LogP) is 4.58. The first-order valence-electron chi connectivity index (χ1n) is 6.77. The third-order valence-corrected chi connectivity index (χ3v) is 3.54. The SMILES string of the molecule is Cc1cc(Oc2ccc(Br)c(F)c2)c(CNC(C)C)cn1. The molecule has 0 bridgehead atoms. The number of benzene rings is 1. The smallest absolute Gasteiger partial charge is 0.141 e. The quantitative estimate of drug-likeness (QED) is 0.854. The van der Waals surface area contributed by atoms with E-state index in [4.69, 9.17) is 4.74 Å². The van der Waals surface area contributed by atoms with Crippen LogP contribution in [-0.2, 0) is 6.54 Å². The van der Waals surface area contributed by atoms with Gasteiger partial charge < -0.3 is 10.1 Å². The van der Waals surface area contributed by atoms with Gasteiger partial charge in [0.05, 0.1) is 4.47 Å². The molecule has 3 nitrogen and oxygen atoms in total. The molecule has 0 aliphatic rings. The summed E-state index contributed by atoms with van der Waals surface area (Å²) in [5.74, 6) is 0.810. The molecule has 1 aromatic heterocycles. The van der Waals surface area contributed by atoms with Gasteiger partial charge in [-0.15, -0.1) is 0 Å². The lowest BCUT2D eigenvalue weighted by molar-refractivity contribution is 0.462. The van der Waals surface area contributed by atoms with Crippen molar-refractivity contribution < 1.29 is 9.13 Å². The van der Waals surface area contributed by atoms with Gasteiger partial charge in [-0.2, -0.15) is 0 Å². The van der Waals surface area contributed by atoms with Gasteiger partial charge in [-0.25, -0.2) is 4.39 Å². The molecule has 112 valence electrons. The number of nitrogens with one attached hydrogen (secondary N) is 1. The Morgan fingerprint density at radius 1 is 1.33 bits per heavy atom. The van der Waals surface area contributed by atoms with E-state index in [2.05, 4.69) is 40.1 Å². The highest BCUT2D eigenvalue weighted by molar-refractivity contribution is 9.10. The fraction of sp³-hybridized carbons (Fsp3) is 0.312. The lowest BCUT2D eigenvalue weighted by Crippen LogP contribution is -2.22. The minimum Gasteiger partial charge on any atom is -0.457 e. The molecular weight excluding hydrogens is 335 g/mol. The van der Waals surface area contributed by atoms with Crippen molar-refractivity contribution in [3.8, 4) is 11.5 Å². The van der Waals surface area contributed by atoms with Crippen LogP contribution in [0.25, 0.3) is 0 Å². The molecule has 0 aliphatic heterocycles. The fourth-order valence-electron chi connectivity index (χ4n) is 1.77. The number of halogens is 2.